The third-order valence-electron chi connectivity index (χ3n) is 3.72. The molecule has 1 aromatic carbocycles. The number of H-pyrrole nitrogens is 1. The van der Waals surface area contributed by atoms with Gasteiger partial charge in [-0.15, -0.1) is 0 Å². The molecule has 4 aromatic rings. The molecule has 0 atom stereocenters. The van der Waals surface area contributed by atoms with Gasteiger partial charge in [-0.2, -0.15) is 5.10 Å². The smallest absolute Gasteiger partial charge is 0.187 e. The van der Waals surface area contributed by atoms with Gasteiger partial charge in [0.25, 0.3) is 0 Å². The van der Waals surface area contributed by atoms with E-state index in [4.69, 9.17) is 10.7 Å². The first kappa shape index (κ1) is 14.6. The van der Waals surface area contributed by atoms with Crippen molar-refractivity contribution in [3.05, 3.63) is 48.7 Å². The number of aromatic nitrogens is 5. The van der Waals surface area contributed by atoms with Gasteiger partial charge in [-0.1, -0.05) is 42.1 Å². The van der Waals surface area contributed by atoms with Crippen LogP contribution < -0.4 is 5.73 Å². The predicted molar refractivity (Wildman–Crippen MR) is 96.5 cm³/mol. The zero-order valence-electron chi connectivity index (χ0n) is 12.9. The lowest BCUT2D eigenvalue weighted by Gasteiger charge is -2.09. The van der Waals surface area contributed by atoms with Crippen molar-refractivity contribution in [3.8, 4) is 22.5 Å². The van der Waals surface area contributed by atoms with Gasteiger partial charge in [0.2, 0.25) is 0 Å². The molecule has 3 N–H and O–H groups in total. The maximum Gasteiger partial charge on any atom is 0.187 e. The lowest BCUT2D eigenvalue weighted by atomic mass is 10.0. The Kier molecular flexibility index (Phi) is 3.62. The third-order valence-corrected chi connectivity index (χ3v) is 4.28. The zero-order valence-corrected chi connectivity index (χ0v) is 13.7. The largest absolute Gasteiger partial charge is 0.382 e. The number of aromatic amines is 1. The van der Waals surface area contributed by atoms with Crippen LogP contribution in [0.2, 0.25) is 0 Å². The SMILES string of the molecule is CSc1nccc(-c2cc3c(N)n[nH]c3nc2-c2ccccc2)n1. The van der Waals surface area contributed by atoms with Crippen LogP contribution >= 0.6 is 11.8 Å². The summed E-state index contributed by atoms with van der Waals surface area (Å²) >= 11 is 1.50. The fourth-order valence-electron chi connectivity index (χ4n) is 2.57. The summed E-state index contributed by atoms with van der Waals surface area (Å²) in [6.07, 6.45) is 3.71. The number of fused-ring (bicyclic) bond motifs is 1. The summed E-state index contributed by atoms with van der Waals surface area (Å²) in [5.74, 6) is 0.428. The van der Waals surface area contributed by atoms with E-state index in [1.165, 1.54) is 11.8 Å². The molecule has 0 amide bonds. The number of anilines is 1. The van der Waals surface area contributed by atoms with Gasteiger partial charge in [-0.05, 0) is 18.4 Å². The van der Waals surface area contributed by atoms with Crippen LogP contribution in [0.4, 0.5) is 5.82 Å². The minimum Gasteiger partial charge on any atom is -0.382 e. The van der Waals surface area contributed by atoms with Crippen LogP contribution in [0.25, 0.3) is 33.5 Å². The summed E-state index contributed by atoms with van der Waals surface area (Å²) in [6, 6.07) is 13.9. The van der Waals surface area contributed by atoms with Gasteiger partial charge in [0.1, 0.15) is 0 Å². The van der Waals surface area contributed by atoms with Crippen molar-refractivity contribution in [3.63, 3.8) is 0 Å². The molecular formula is C17H14N6S. The number of nitrogens with one attached hydrogen (secondary N) is 1. The van der Waals surface area contributed by atoms with Crippen LogP contribution in [0.3, 0.4) is 0 Å². The molecule has 0 aliphatic heterocycles. The van der Waals surface area contributed by atoms with Crippen molar-refractivity contribution in [2.75, 3.05) is 12.0 Å². The van der Waals surface area contributed by atoms with E-state index >= 15 is 0 Å². The van der Waals surface area contributed by atoms with Gasteiger partial charge in [0.05, 0.1) is 16.8 Å². The summed E-state index contributed by atoms with van der Waals surface area (Å²) in [7, 11) is 0. The van der Waals surface area contributed by atoms with Gasteiger partial charge in [0.15, 0.2) is 16.6 Å². The lowest BCUT2D eigenvalue weighted by molar-refractivity contribution is 0.976. The first-order chi connectivity index (χ1) is 11.8. The number of thioether (sulfide) groups is 1. The average Bonchev–Trinajstić information content (AvgIpc) is 3.02. The summed E-state index contributed by atoms with van der Waals surface area (Å²) in [5, 5.41) is 8.43. The van der Waals surface area contributed by atoms with Gasteiger partial charge >= 0.3 is 0 Å². The van der Waals surface area contributed by atoms with Crippen LogP contribution in [0, 0.1) is 0 Å². The third kappa shape index (κ3) is 2.48. The second-order valence-electron chi connectivity index (χ2n) is 5.18. The van der Waals surface area contributed by atoms with Gasteiger partial charge < -0.3 is 5.73 Å². The van der Waals surface area contributed by atoms with Crippen molar-refractivity contribution < 1.29 is 0 Å². The Bertz CT molecular complexity index is 1010. The molecule has 118 valence electrons. The number of hydrogen-bond acceptors (Lipinski definition) is 6. The quantitative estimate of drug-likeness (QED) is 0.441. The normalized spacial score (nSPS) is 11.0. The van der Waals surface area contributed by atoms with Crippen LogP contribution in [0.1, 0.15) is 0 Å². The Morgan fingerprint density at radius 2 is 1.92 bits per heavy atom. The number of hydrogen-bond donors (Lipinski definition) is 2. The Labute approximate surface area is 142 Å². The predicted octanol–water partition coefficient (Wildman–Crippen LogP) is 3.39. The first-order valence-corrected chi connectivity index (χ1v) is 8.56. The Balaban J connectivity index is 2.02. The maximum absolute atomic E-state index is 5.95. The topological polar surface area (TPSA) is 93.4 Å². The summed E-state index contributed by atoms with van der Waals surface area (Å²) in [6.45, 7) is 0. The van der Waals surface area contributed by atoms with Crippen LogP contribution in [-0.4, -0.2) is 31.4 Å². The molecule has 0 aliphatic carbocycles. The monoisotopic (exact) mass is 334 g/mol. The molecule has 0 spiro atoms. The van der Waals surface area contributed by atoms with Crippen molar-refractivity contribution in [1.29, 1.82) is 0 Å². The Morgan fingerprint density at radius 1 is 1.08 bits per heavy atom. The van der Waals surface area contributed by atoms with Gasteiger partial charge in [-0.25, -0.2) is 15.0 Å². The molecular weight excluding hydrogens is 320 g/mol. The second-order valence-corrected chi connectivity index (χ2v) is 5.96. The van der Waals surface area contributed by atoms with E-state index in [0.717, 1.165) is 27.9 Å². The van der Waals surface area contributed by atoms with Crippen molar-refractivity contribution in [1.82, 2.24) is 25.1 Å². The highest BCUT2D eigenvalue weighted by atomic mass is 32.2. The van der Waals surface area contributed by atoms with Crippen molar-refractivity contribution in [2.24, 2.45) is 0 Å². The molecule has 24 heavy (non-hydrogen) atoms. The molecule has 0 saturated carbocycles. The average molecular weight is 334 g/mol. The molecule has 0 aliphatic rings. The van der Waals surface area contributed by atoms with Gasteiger partial charge in [0, 0.05) is 17.3 Å². The Hall–Kier alpha value is -2.93. The van der Waals surface area contributed by atoms with E-state index in [1.54, 1.807) is 6.20 Å². The minimum absolute atomic E-state index is 0.428. The van der Waals surface area contributed by atoms with Crippen LogP contribution in [0.5, 0.6) is 0 Å². The Morgan fingerprint density at radius 3 is 2.71 bits per heavy atom. The molecule has 3 heterocycles. The maximum atomic E-state index is 5.95. The van der Waals surface area contributed by atoms with Crippen LogP contribution in [-0.2, 0) is 0 Å². The highest BCUT2D eigenvalue weighted by Gasteiger charge is 2.15. The standard InChI is InChI=1S/C17H14N6S/c1-24-17-19-8-7-13(20-17)11-9-12-15(18)22-23-16(12)21-14(11)10-5-3-2-4-6-10/h2-9H,1H3,(H3,18,21,22,23). The molecule has 4 rings (SSSR count). The van der Waals surface area contributed by atoms with E-state index in [0.29, 0.717) is 16.6 Å². The molecule has 0 radical (unpaired) electrons. The number of nitrogens with two attached hydrogens (primary N) is 1. The summed E-state index contributed by atoms with van der Waals surface area (Å²) in [5.41, 5.74) is 10.2. The summed E-state index contributed by atoms with van der Waals surface area (Å²) < 4.78 is 0. The molecule has 0 saturated heterocycles. The number of rotatable bonds is 3. The molecule has 7 heteroatoms. The van der Waals surface area contributed by atoms with Gasteiger partial charge in [-0.3, -0.25) is 5.10 Å². The first-order valence-electron chi connectivity index (χ1n) is 7.33. The van der Waals surface area contributed by atoms with E-state index in [9.17, 15) is 0 Å². The number of nitrogens with zero attached hydrogens (tertiary/aromatic N) is 4. The number of pyridine rings is 1. The molecule has 3 aromatic heterocycles. The number of nitrogen functional groups attached to an aromatic ring is 1. The molecule has 0 unspecified atom stereocenters. The van der Waals surface area contributed by atoms with Crippen molar-refractivity contribution >= 4 is 28.6 Å². The summed E-state index contributed by atoms with van der Waals surface area (Å²) in [4.78, 5) is 13.6. The van der Waals surface area contributed by atoms with Crippen LogP contribution in [0.15, 0.2) is 53.8 Å². The highest BCUT2D eigenvalue weighted by molar-refractivity contribution is 7.98. The van der Waals surface area contributed by atoms with Crippen molar-refractivity contribution in [2.45, 2.75) is 5.16 Å². The highest BCUT2D eigenvalue weighted by Crippen LogP contribution is 2.33. The fraction of sp³-hybridized carbons (Fsp3) is 0.0588. The molecule has 0 bridgehead atoms. The van der Waals surface area contributed by atoms with E-state index in [1.807, 2.05) is 48.7 Å². The number of benzene rings is 1. The zero-order chi connectivity index (χ0) is 16.5. The lowest BCUT2D eigenvalue weighted by Crippen LogP contribution is -1.95. The molecule has 6 nitrogen and oxygen atoms in total. The second kappa shape index (κ2) is 5.93. The van der Waals surface area contributed by atoms with E-state index in [-0.39, 0.29) is 0 Å². The van der Waals surface area contributed by atoms with E-state index in [2.05, 4.69) is 20.2 Å². The fourth-order valence-corrected chi connectivity index (χ4v) is 2.92. The minimum atomic E-state index is 0.428. The molecule has 0 fully saturated rings. The van der Waals surface area contributed by atoms with E-state index < -0.39 is 0 Å².